The van der Waals surface area contributed by atoms with E-state index in [1.165, 1.54) is 11.3 Å². The molecule has 2 atom stereocenters. The topological polar surface area (TPSA) is 92.3 Å². The summed E-state index contributed by atoms with van der Waals surface area (Å²) in [5.41, 5.74) is 1.49. The fourth-order valence-electron chi connectivity index (χ4n) is 2.66. The van der Waals surface area contributed by atoms with Gasteiger partial charge >= 0.3 is 11.8 Å². The van der Waals surface area contributed by atoms with Crippen LogP contribution in [0.4, 0.5) is 0 Å². The normalized spacial score (nSPS) is 13.6. The van der Waals surface area contributed by atoms with Crippen LogP contribution in [0.25, 0.3) is 0 Å². The molecule has 2 rings (SSSR count). The van der Waals surface area contributed by atoms with E-state index in [0.29, 0.717) is 16.9 Å². The molecule has 0 aliphatic rings. The molecule has 28 heavy (non-hydrogen) atoms. The Kier molecular flexibility index (Phi) is 7.37. The highest BCUT2D eigenvalue weighted by atomic mass is 32.2. The van der Waals surface area contributed by atoms with E-state index in [4.69, 9.17) is 0 Å². The minimum absolute atomic E-state index is 0.134. The lowest BCUT2D eigenvalue weighted by Gasteiger charge is -2.19. The molecule has 152 valence electrons. The van der Waals surface area contributed by atoms with Crippen LogP contribution in [-0.4, -0.2) is 32.8 Å². The highest BCUT2D eigenvalue weighted by Gasteiger charge is 2.32. The third-order valence-electron chi connectivity index (χ3n) is 4.53. The van der Waals surface area contributed by atoms with Crippen molar-refractivity contribution >= 4 is 33.0 Å². The van der Waals surface area contributed by atoms with Crippen molar-refractivity contribution in [3.05, 3.63) is 51.7 Å². The highest BCUT2D eigenvalue weighted by Crippen LogP contribution is 2.33. The smallest absolute Gasteiger partial charge is 0.309 e. The molecule has 1 aromatic carbocycles. The average Bonchev–Trinajstić information content (AvgIpc) is 3.17. The van der Waals surface area contributed by atoms with Crippen LogP contribution in [0, 0.1) is 13.8 Å². The first-order valence-electron chi connectivity index (χ1n) is 9.10. The molecule has 0 fully saturated rings. The average molecular weight is 423 g/mol. The Morgan fingerprint density at radius 1 is 1.14 bits per heavy atom. The van der Waals surface area contributed by atoms with Gasteiger partial charge in [-0.15, -0.1) is 11.3 Å². The van der Waals surface area contributed by atoms with Crippen molar-refractivity contribution in [2.75, 3.05) is 6.54 Å². The molecule has 1 aromatic heterocycles. The number of rotatable bonds is 7. The van der Waals surface area contributed by atoms with Crippen LogP contribution < -0.4 is 10.6 Å². The summed E-state index contributed by atoms with van der Waals surface area (Å²) in [4.78, 5) is 25.0. The third-order valence-corrected chi connectivity index (χ3v) is 7.89. The number of carbonyl (C=O) groups is 2. The Morgan fingerprint density at radius 3 is 2.46 bits per heavy atom. The predicted octanol–water partition coefficient (Wildman–Crippen LogP) is 2.91. The summed E-state index contributed by atoms with van der Waals surface area (Å²) in [6.45, 7) is 7.09. The number of carbonyl (C=O) groups excluding carboxylic acids is 2. The van der Waals surface area contributed by atoms with Crippen LogP contribution >= 0.6 is 11.3 Å². The van der Waals surface area contributed by atoms with Crippen molar-refractivity contribution in [3.63, 3.8) is 0 Å². The molecular weight excluding hydrogens is 396 g/mol. The lowest BCUT2D eigenvalue weighted by atomic mass is 10.2. The van der Waals surface area contributed by atoms with E-state index in [1.54, 1.807) is 43.5 Å². The Morgan fingerprint density at radius 2 is 1.86 bits per heavy atom. The summed E-state index contributed by atoms with van der Waals surface area (Å²) < 4.78 is 26.7. The van der Waals surface area contributed by atoms with E-state index in [1.807, 2.05) is 19.9 Å². The molecule has 0 saturated carbocycles. The van der Waals surface area contributed by atoms with E-state index >= 15 is 0 Å². The van der Waals surface area contributed by atoms with Crippen LogP contribution in [0.3, 0.4) is 0 Å². The second-order valence-corrected chi connectivity index (χ2v) is 9.89. The van der Waals surface area contributed by atoms with Gasteiger partial charge in [0.2, 0.25) is 0 Å². The quantitative estimate of drug-likeness (QED) is 0.671. The zero-order chi connectivity index (χ0) is 20.9. The maximum Gasteiger partial charge on any atom is 0.309 e. The van der Waals surface area contributed by atoms with Gasteiger partial charge in [0, 0.05) is 17.5 Å². The van der Waals surface area contributed by atoms with Crippen molar-refractivity contribution in [3.8, 4) is 0 Å². The minimum atomic E-state index is -3.76. The molecule has 2 aromatic rings. The molecule has 0 saturated heterocycles. The summed E-state index contributed by atoms with van der Waals surface area (Å²) in [7, 11) is -3.76. The van der Waals surface area contributed by atoms with E-state index < -0.39 is 26.9 Å². The summed E-state index contributed by atoms with van der Waals surface area (Å²) in [5.74, 6) is -1.60. The number of amides is 2. The molecule has 0 aliphatic carbocycles. The maximum absolute atomic E-state index is 13.4. The number of sulfone groups is 1. The van der Waals surface area contributed by atoms with Gasteiger partial charge in [-0.05, 0) is 55.8 Å². The van der Waals surface area contributed by atoms with Crippen LogP contribution in [0.5, 0.6) is 0 Å². The number of thiophene rings is 1. The van der Waals surface area contributed by atoms with E-state index in [0.717, 1.165) is 5.56 Å². The van der Waals surface area contributed by atoms with Gasteiger partial charge in [0.25, 0.3) is 0 Å². The highest BCUT2D eigenvalue weighted by molar-refractivity contribution is 7.92. The first-order chi connectivity index (χ1) is 13.2. The van der Waals surface area contributed by atoms with E-state index in [-0.39, 0.29) is 17.5 Å². The summed E-state index contributed by atoms with van der Waals surface area (Å²) >= 11 is 1.31. The molecule has 1 heterocycles. The molecule has 0 aliphatic heterocycles. The molecule has 2 N–H and O–H groups in total. The number of benzene rings is 1. The molecule has 0 radical (unpaired) electrons. The van der Waals surface area contributed by atoms with Crippen molar-refractivity contribution in [2.45, 2.75) is 50.3 Å². The largest absolute Gasteiger partial charge is 0.346 e. The standard InChI is InChI=1S/C20H26N2O4S2/c1-5-15(4)22-20(24)19(23)21-12-18(16-7-6-10-27-16)28(25,26)17-11-13(2)8-9-14(17)3/h6-11,15,18H,5,12H2,1-4H3,(H,21,23)(H,22,24)/t15-,18-/m1/s1. The molecule has 0 unspecified atom stereocenters. The lowest BCUT2D eigenvalue weighted by Crippen LogP contribution is -2.45. The lowest BCUT2D eigenvalue weighted by molar-refractivity contribution is -0.139. The zero-order valence-corrected chi connectivity index (χ0v) is 18.1. The van der Waals surface area contributed by atoms with Gasteiger partial charge in [0.05, 0.1) is 4.90 Å². The molecule has 2 amide bonds. The Labute approximate surface area is 170 Å². The van der Waals surface area contributed by atoms with Gasteiger partial charge in [0.1, 0.15) is 5.25 Å². The molecular formula is C20H26N2O4S2. The maximum atomic E-state index is 13.4. The second-order valence-electron chi connectivity index (χ2n) is 6.81. The van der Waals surface area contributed by atoms with Crippen molar-refractivity contribution in [1.82, 2.24) is 10.6 Å². The van der Waals surface area contributed by atoms with Crippen molar-refractivity contribution in [1.29, 1.82) is 0 Å². The van der Waals surface area contributed by atoms with Crippen LogP contribution in [0.2, 0.25) is 0 Å². The predicted molar refractivity (Wildman–Crippen MR) is 111 cm³/mol. The van der Waals surface area contributed by atoms with Gasteiger partial charge in [-0.3, -0.25) is 9.59 Å². The monoisotopic (exact) mass is 422 g/mol. The van der Waals surface area contributed by atoms with E-state index in [2.05, 4.69) is 10.6 Å². The molecule has 8 heteroatoms. The Hall–Kier alpha value is -2.19. The fraction of sp³-hybridized carbons (Fsp3) is 0.400. The minimum Gasteiger partial charge on any atom is -0.346 e. The van der Waals surface area contributed by atoms with Crippen molar-refractivity contribution < 1.29 is 18.0 Å². The summed E-state index contributed by atoms with van der Waals surface area (Å²) in [6, 6.07) is 8.63. The number of aryl methyl sites for hydroxylation is 2. The number of hydrogen-bond acceptors (Lipinski definition) is 5. The number of hydrogen-bond donors (Lipinski definition) is 2. The van der Waals surface area contributed by atoms with Crippen LogP contribution in [0.15, 0.2) is 40.6 Å². The SMILES string of the molecule is CC[C@@H](C)NC(=O)C(=O)NC[C@H](c1cccs1)S(=O)(=O)c1cc(C)ccc1C. The van der Waals surface area contributed by atoms with Crippen LogP contribution in [0.1, 0.15) is 41.5 Å². The van der Waals surface area contributed by atoms with Crippen molar-refractivity contribution in [2.24, 2.45) is 0 Å². The molecule has 0 spiro atoms. The molecule has 6 nitrogen and oxygen atoms in total. The van der Waals surface area contributed by atoms with Crippen LogP contribution in [-0.2, 0) is 19.4 Å². The van der Waals surface area contributed by atoms with Gasteiger partial charge in [-0.25, -0.2) is 8.42 Å². The Bertz CT molecular complexity index is 937. The van der Waals surface area contributed by atoms with Gasteiger partial charge in [-0.1, -0.05) is 25.1 Å². The number of nitrogens with one attached hydrogen (secondary N) is 2. The van der Waals surface area contributed by atoms with Gasteiger partial charge in [-0.2, -0.15) is 0 Å². The molecule has 0 bridgehead atoms. The summed E-state index contributed by atoms with van der Waals surface area (Å²) in [5, 5.41) is 5.89. The Balaban J connectivity index is 2.28. The first-order valence-corrected chi connectivity index (χ1v) is 11.5. The first kappa shape index (κ1) is 22.1. The zero-order valence-electron chi connectivity index (χ0n) is 16.5. The summed E-state index contributed by atoms with van der Waals surface area (Å²) in [6.07, 6.45) is 0.692. The van der Waals surface area contributed by atoms with E-state index in [9.17, 15) is 18.0 Å². The fourth-order valence-corrected chi connectivity index (χ4v) is 5.78. The second kappa shape index (κ2) is 9.34. The van der Waals surface area contributed by atoms with Gasteiger partial charge < -0.3 is 10.6 Å². The third kappa shape index (κ3) is 5.20. The van der Waals surface area contributed by atoms with Gasteiger partial charge in [0.15, 0.2) is 9.84 Å².